The van der Waals surface area contributed by atoms with Crippen molar-refractivity contribution in [2.45, 2.75) is 9.79 Å². The molecule has 0 N–H and O–H groups in total. The van der Waals surface area contributed by atoms with E-state index in [2.05, 4.69) is 0 Å². The van der Waals surface area contributed by atoms with Gasteiger partial charge >= 0.3 is 0 Å². The lowest BCUT2D eigenvalue weighted by atomic mass is 10.3. The van der Waals surface area contributed by atoms with Crippen LogP contribution in [-0.4, -0.2) is 21.8 Å². The van der Waals surface area contributed by atoms with Crippen LogP contribution >= 0.6 is 21.4 Å². The second kappa shape index (κ2) is 4.41. The van der Waals surface area contributed by atoms with Crippen molar-refractivity contribution in [1.82, 2.24) is 0 Å². The first kappa shape index (κ1) is 14.2. The predicted octanol–water partition coefficient (Wildman–Crippen LogP) is 1.45. The Bertz CT molecular complexity index is 680. The van der Waals surface area contributed by atoms with E-state index in [4.69, 9.17) is 21.4 Å². The van der Waals surface area contributed by atoms with Gasteiger partial charge in [-0.3, -0.25) is 10.1 Å². The number of nitro groups is 1. The van der Waals surface area contributed by atoms with Gasteiger partial charge in [-0.2, -0.15) is 0 Å². The summed E-state index contributed by atoms with van der Waals surface area (Å²) in [6, 6.07) is 2.60. The van der Waals surface area contributed by atoms with Crippen molar-refractivity contribution in [3.8, 4) is 0 Å². The molecule has 0 aliphatic rings. The highest BCUT2D eigenvalue weighted by atomic mass is 35.7. The second-order valence-corrected chi connectivity index (χ2v) is 7.77. The maximum Gasteiger partial charge on any atom is 0.290 e. The fourth-order valence-corrected chi connectivity index (χ4v) is 4.16. The van der Waals surface area contributed by atoms with Gasteiger partial charge in [-0.05, 0) is 6.07 Å². The minimum Gasteiger partial charge on any atom is -0.258 e. The highest BCUT2D eigenvalue weighted by molar-refractivity contribution is 8.16. The molecular weight excluding hydrogens is 317 g/mol. The number of hydrogen-bond acceptors (Lipinski definition) is 6. The molecule has 0 atom stereocenters. The molecule has 0 saturated heterocycles. The van der Waals surface area contributed by atoms with Gasteiger partial charge in [-0.1, -0.05) is 6.07 Å². The van der Waals surface area contributed by atoms with Gasteiger partial charge in [0.05, 0.1) is 4.92 Å². The first-order valence-corrected chi connectivity index (χ1v) is 8.33. The van der Waals surface area contributed by atoms with Crippen molar-refractivity contribution >= 4 is 45.2 Å². The smallest absolute Gasteiger partial charge is 0.258 e. The summed E-state index contributed by atoms with van der Waals surface area (Å²) in [7, 11) is 0.843. The maximum absolute atomic E-state index is 11.2. The lowest BCUT2D eigenvalue weighted by Crippen LogP contribution is -2.05. The molecule has 0 saturated carbocycles. The first-order chi connectivity index (χ1) is 7.55. The zero-order chi connectivity index (χ0) is 13.4. The summed E-state index contributed by atoms with van der Waals surface area (Å²) >= 11 is 0. The summed E-state index contributed by atoms with van der Waals surface area (Å²) < 4.78 is 44.5. The minimum absolute atomic E-state index is 0.806. The summed E-state index contributed by atoms with van der Waals surface area (Å²) in [6.45, 7) is 0. The van der Waals surface area contributed by atoms with Crippen molar-refractivity contribution in [3.63, 3.8) is 0 Å². The molecule has 0 radical (unpaired) electrons. The highest BCUT2D eigenvalue weighted by Gasteiger charge is 2.32. The van der Waals surface area contributed by atoms with Crippen LogP contribution in [0.5, 0.6) is 0 Å². The van der Waals surface area contributed by atoms with Gasteiger partial charge < -0.3 is 0 Å². The van der Waals surface area contributed by atoms with Gasteiger partial charge in [0.2, 0.25) is 0 Å². The third kappa shape index (κ3) is 3.06. The quantitative estimate of drug-likeness (QED) is 0.473. The third-order valence-electron chi connectivity index (χ3n) is 1.66. The number of nitro benzene ring substituents is 1. The van der Waals surface area contributed by atoms with Gasteiger partial charge in [-0.15, -0.1) is 0 Å². The topological polar surface area (TPSA) is 111 Å². The molecular formula is C6H3Cl2NO6S2. The van der Waals surface area contributed by atoms with E-state index in [9.17, 15) is 26.9 Å². The molecule has 11 heteroatoms. The molecule has 1 aromatic carbocycles. The molecule has 0 amide bonds. The minimum atomic E-state index is -4.63. The molecule has 1 rings (SSSR count). The third-order valence-corrected chi connectivity index (χ3v) is 4.53. The van der Waals surface area contributed by atoms with E-state index in [1.54, 1.807) is 0 Å². The fraction of sp³-hybridized carbons (Fsp3) is 0. The molecule has 0 fully saturated rings. The Hall–Kier alpha value is -0.900. The Morgan fingerprint density at radius 3 is 1.94 bits per heavy atom. The summed E-state index contributed by atoms with van der Waals surface area (Å²) in [5.41, 5.74) is -0.957. The highest BCUT2D eigenvalue weighted by Crippen LogP contribution is 2.34. The molecule has 0 bridgehead atoms. The van der Waals surface area contributed by atoms with Crippen LogP contribution < -0.4 is 0 Å². The second-order valence-electron chi connectivity index (χ2n) is 2.74. The Kier molecular flexibility index (Phi) is 3.67. The van der Waals surface area contributed by atoms with Crippen LogP contribution in [0.3, 0.4) is 0 Å². The number of rotatable bonds is 3. The molecule has 94 valence electrons. The molecule has 0 unspecified atom stereocenters. The largest absolute Gasteiger partial charge is 0.290 e. The lowest BCUT2D eigenvalue weighted by Gasteiger charge is -2.03. The standard InChI is InChI=1S/C6H3Cl2NO6S2/c7-16(12,13)5-3-1-2-4(9(10)11)6(5)17(8,14)15/h1-3H. The summed E-state index contributed by atoms with van der Waals surface area (Å²) in [6.07, 6.45) is 0. The Balaban J connectivity index is 3.90. The van der Waals surface area contributed by atoms with E-state index in [0.29, 0.717) is 0 Å². The number of nitrogens with zero attached hydrogens (tertiary/aromatic N) is 1. The molecule has 0 heterocycles. The number of hydrogen-bond donors (Lipinski definition) is 0. The van der Waals surface area contributed by atoms with E-state index in [0.717, 1.165) is 18.2 Å². The van der Waals surface area contributed by atoms with Crippen molar-refractivity contribution in [2.24, 2.45) is 0 Å². The van der Waals surface area contributed by atoms with E-state index < -0.39 is 38.5 Å². The van der Waals surface area contributed by atoms with Crippen molar-refractivity contribution < 1.29 is 21.8 Å². The molecule has 1 aromatic rings. The van der Waals surface area contributed by atoms with Crippen LogP contribution in [-0.2, 0) is 18.1 Å². The summed E-state index contributed by atoms with van der Waals surface area (Å²) in [4.78, 5) is 7.46. The van der Waals surface area contributed by atoms with Crippen molar-refractivity contribution in [1.29, 1.82) is 0 Å². The monoisotopic (exact) mass is 319 g/mol. The van der Waals surface area contributed by atoms with Gasteiger partial charge in [0.25, 0.3) is 23.8 Å². The van der Waals surface area contributed by atoms with Crippen molar-refractivity contribution in [3.05, 3.63) is 28.3 Å². The van der Waals surface area contributed by atoms with Crippen LogP contribution in [0.1, 0.15) is 0 Å². The maximum atomic E-state index is 11.2. The average molecular weight is 320 g/mol. The van der Waals surface area contributed by atoms with E-state index in [1.807, 2.05) is 0 Å². The SMILES string of the molecule is O=[N+]([O-])c1cccc(S(=O)(=O)Cl)c1S(=O)(=O)Cl. The van der Waals surface area contributed by atoms with Gasteiger partial charge in [-0.25, -0.2) is 16.8 Å². The van der Waals surface area contributed by atoms with Crippen LogP contribution in [0.4, 0.5) is 5.69 Å². The fourth-order valence-electron chi connectivity index (χ4n) is 1.09. The Labute approximate surface area is 105 Å². The number of halogens is 2. The van der Waals surface area contributed by atoms with Gasteiger partial charge in [0.15, 0.2) is 4.90 Å². The van der Waals surface area contributed by atoms with Gasteiger partial charge in [0, 0.05) is 27.4 Å². The van der Waals surface area contributed by atoms with Crippen LogP contribution in [0.2, 0.25) is 0 Å². The molecule has 17 heavy (non-hydrogen) atoms. The first-order valence-electron chi connectivity index (χ1n) is 3.72. The Morgan fingerprint density at radius 2 is 1.59 bits per heavy atom. The van der Waals surface area contributed by atoms with Crippen LogP contribution in [0, 0.1) is 10.1 Å². The normalized spacial score (nSPS) is 12.4. The van der Waals surface area contributed by atoms with Gasteiger partial charge in [0.1, 0.15) is 4.90 Å². The summed E-state index contributed by atoms with van der Waals surface area (Å²) in [5.74, 6) is 0. The molecule has 0 aromatic heterocycles. The van der Waals surface area contributed by atoms with Crippen LogP contribution in [0.25, 0.3) is 0 Å². The zero-order valence-corrected chi connectivity index (χ0v) is 10.8. The molecule has 0 aliphatic carbocycles. The Morgan fingerprint density at radius 1 is 1.06 bits per heavy atom. The predicted molar refractivity (Wildman–Crippen MR) is 59.2 cm³/mol. The molecule has 7 nitrogen and oxygen atoms in total. The molecule has 0 spiro atoms. The summed E-state index contributed by atoms with van der Waals surface area (Å²) in [5, 5.41) is 10.6. The van der Waals surface area contributed by atoms with Crippen molar-refractivity contribution in [2.75, 3.05) is 0 Å². The zero-order valence-electron chi connectivity index (χ0n) is 7.70. The van der Waals surface area contributed by atoms with E-state index in [1.165, 1.54) is 0 Å². The van der Waals surface area contributed by atoms with E-state index in [-0.39, 0.29) is 0 Å². The lowest BCUT2D eigenvalue weighted by molar-refractivity contribution is -0.388. The molecule has 0 aliphatic heterocycles. The number of benzene rings is 1. The average Bonchev–Trinajstić information content (AvgIpc) is 2.13. The van der Waals surface area contributed by atoms with E-state index >= 15 is 0 Å². The van der Waals surface area contributed by atoms with Crippen LogP contribution in [0.15, 0.2) is 28.0 Å².